The molecule has 2 aliphatic rings. The van der Waals surface area contributed by atoms with E-state index in [1.807, 2.05) is 25.7 Å². The largest absolute Gasteiger partial charge is 0.444 e. The number of amides is 1. The SMILES string of the molecule is CC(C)(C)OC(=O)N1CCCC1CNN1CCOCC1. The Labute approximate surface area is 121 Å². The van der Waals surface area contributed by atoms with Gasteiger partial charge in [-0.05, 0) is 33.6 Å². The maximum Gasteiger partial charge on any atom is 0.410 e. The molecule has 2 rings (SSSR count). The first-order valence-corrected chi connectivity index (χ1v) is 7.51. The van der Waals surface area contributed by atoms with E-state index in [1.165, 1.54) is 0 Å². The summed E-state index contributed by atoms with van der Waals surface area (Å²) in [6.07, 6.45) is 1.90. The maximum atomic E-state index is 12.2. The van der Waals surface area contributed by atoms with Crippen LogP contribution in [-0.4, -0.2) is 67.0 Å². The fourth-order valence-corrected chi connectivity index (χ4v) is 2.56. The Hall–Kier alpha value is -0.850. The summed E-state index contributed by atoms with van der Waals surface area (Å²) in [4.78, 5) is 14.0. The monoisotopic (exact) mass is 285 g/mol. The third kappa shape index (κ3) is 4.61. The lowest BCUT2D eigenvalue weighted by Gasteiger charge is -2.32. The molecule has 20 heavy (non-hydrogen) atoms. The highest BCUT2D eigenvalue weighted by atomic mass is 16.6. The fourth-order valence-electron chi connectivity index (χ4n) is 2.56. The van der Waals surface area contributed by atoms with Crippen LogP contribution in [0.1, 0.15) is 33.6 Å². The number of nitrogens with one attached hydrogen (secondary N) is 1. The molecule has 1 N–H and O–H groups in total. The second kappa shape index (κ2) is 6.74. The summed E-state index contributed by atoms with van der Waals surface area (Å²) < 4.78 is 10.8. The molecule has 0 aromatic heterocycles. The first-order valence-electron chi connectivity index (χ1n) is 7.51. The molecular formula is C14H27N3O3. The third-order valence-corrected chi connectivity index (χ3v) is 3.57. The number of ether oxygens (including phenoxy) is 2. The van der Waals surface area contributed by atoms with Crippen LogP contribution in [-0.2, 0) is 9.47 Å². The summed E-state index contributed by atoms with van der Waals surface area (Å²) in [6.45, 7) is 10.6. The van der Waals surface area contributed by atoms with Gasteiger partial charge < -0.3 is 14.4 Å². The van der Waals surface area contributed by atoms with Crippen LogP contribution in [0.25, 0.3) is 0 Å². The van der Waals surface area contributed by atoms with Crippen LogP contribution >= 0.6 is 0 Å². The van der Waals surface area contributed by atoms with Gasteiger partial charge in [-0.1, -0.05) is 0 Å². The Bertz CT molecular complexity index is 324. The number of hydrogen-bond donors (Lipinski definition) is 1. The maximum absolute atomic E-state index is 12.2. The van der Waals surface area contributed by atoms with Gasteiger partial charge in [0.05, 0.1) is 13.2 Å². The molecule has 6 heteroatoms. The molecule has 116 valence electrons. The van der Waals surface area contributed by atoms with Crippen molar-refractivity contribution in [3.8, 4) is 0 Å². The number of carbonyl (C=O) groups is 1. The zero-order valence-corrected chi connectivity index (χ0v) is 12.9. The lowest BCUT2D eigenvalue weighted by molar-refractivity contribution is 0.00232. The van der Waals surface area contributed by atoms with Crippen LogP contribution in [0.2, 0.25) is 0 Å². The smallest absolute Gasteiger partial charge is 0.410 e. The third-order valence-electron chi connectivity index (χ3n) is 3.57. The van der Waals surface area contributed by atoms with Crippen LogP contribution in [0, 0.1) is 0 Å². The van der Waals surface area contributed by atoms with Crippen molar-refractivity contribution in [2.75, 3.05) is 39.4 Å². The predicted octanol–water partition coefficient (Wildman–Crippen LogP) is 1.22. The molecule has 0 spiro atoms. The van der Waals surface area contributed by atoms with Gasteiger partial charge in [-0.25, -0.2) is 9.80 Å². The minimum Gasteiger partial charge on any atom is -0.444 e. The predicted molar refractivity (Wildman–Crippen MR) is 76.4 cm³/mol. The summed E-state index contributed by atoms with van der Waals surface area (Å²) in [7, 11) is 0. The van der Waals surface area contributed by atoms with Gasteiger partial charge in [0.15, 0.2) is 0 Å². The zero-order valence-electron chi connectivity index (χ0n) is 12.9. The molecule has 0 aromatic carbocycles. The molecule has 2 aliphatic heterocycles. The van der Waals surface area contributed by atoms with Crippen LogP contribution in [0.5, 0.6) is 0 Å². The van der Waals surface area contributed by atoms with Gasteiger partial charge in [-0.2, -0.15) is 0 Å². The van der Waals surface area contributed by atoms with Gasteiger partial charge in [-0.15, -0.1) is 0 Å². The van der Waals surface area contributed by atoms with E-state index in [2.05, 4.69) is 10.4 Å². The molecule has 0 aromatic rings. The zero-order chi connectivity index (χ0) is 14.6. The summed E-state index contributed by atoms with van der Waals surface area (Å²) in [5.74, 6) is 0. The molecule has 2 heterocycles. The van der Waals surface area contributed by atoms with Crippen LogP contribution in [0.15, 0.2) is 0 Å². The summed E-state index contributed by atoms with van der Waals surface area (Å²) in [5.41, 5.74) is 2.99. The van der Waals surface area contributed by atoms with Crippen molar-refractivity contribution < 1.29 is 14.3 Å². The van der Waals surface area contributed by atoms with Crippen molar-refractivity contribution in [2.24, 2.45) is 0 Å². The van der Waals surface area contributed by atoms with Crippen molar-refractivity contribution in [2.45, 2.75) is 45.3 Å². The van der Waals surface area contributed by atoms with E-state index in [9.17, 15) is 4.79 Å². The van der Waals surface area contributed by atoms with E-state index in [0.29, 0.717) is 0 Å². The number of hydrazine groups is 1. The Kier molecular flexibility index (Phi) is 5.23. The van der Waals surface area contributed by atoms with Gasteiger partial charge in [0.2, 0.25) is 0 Å². The van der Waals surface area contributed by atoms with E-state index < -0.39 is 5.60 Å². The Balaban J connectivity index is 1.79. The number of nitrogens with zero attached hydrogens (tertiary/aromatic N) is 2. The lowest BCUT2D eigenvalue weighted by atomic mass is 10.2. The van der Waals surface area contributed by atoms with Crippen LogP contribution < -0.4 is 5.43 Å². The average molecular weight is 285 g/mol. The summed E-state index contributed by atoms with van der Waals surface area (Å²) in [5, 5.41) is 2.18. The minimum atomic E-state index is -0.429. The molecule has 6 nitrogen and oxygen atoms in total. The van der Waals surface area contributed by atoms with Crippen molar-refractivity contribution in [1.82, 2.24) is 15.3 Å². The van der Waals surface area contributed by atoms with Crippen molar-refractivity contribution in [3.63, 3.8) is 0 Å². The topological polar surface area (TPSA) is 54.0 Å². The van der Waals surface area contributed by atoms with Crippen LogP contribution in [0.3, 0.4) is 0 Å². The molecule has 0 saturated carbocycles. The first-order chi connectivity index (χ1) is 9.46. The number of morpholine rings is 1. The normalized spacial score (nSPS) is 24.9. The van der Waals surface area contributed by atoms with Gasteiger partial charge in [-0.3, -0.25) is 5.43 Å². The Morgan fingerprint density at radius 1 is 1.30 bits per heavy atom. The quantitative estimate of drug-likeness (QED) is 0.845. The van der Waals surface area contributed by atoms with E-state index >= 15 is 0 Å². The van der Waals surface area contributed by atoms with Gasteiger partial charge >= 0.3 is 6.09 Å². The molecule has 1 atom stereocenters. The Morgan fingerprint density at radius 2 is 2.00 bits per heavy atom. The van der Waals surface area contributed by atoms with Gasteiger partial charge in [0.25, 0.3) is 0 Å². The average Bonchev–Trinajstić information content (AvgIpc) is 2.84. The van der Waals surface area contributed by atoms with Crippen molar-refractivity contribution in [1.29, 1.82) is 0 Å². The molecular weight excluding hydrogens is 258 g/mol. The van der Waals surface area contributed by atoms with Gasteiger partial charge in [0.1, 0.15) is 5.60 Å². The molecule has 1 unspecified atom stereocenters. The highest BCUT2D eigenvalue weighted by Gasteiger charge is 2.32. The van der Waals surface area contributed by atoms with E-state index in [-0.39, 0.29) is 12.1 Å². The van der Waals surface area contributed by atoms with Crippen molar-refractivity contribution >= 4 is 6.09 Å². The van der Waals surface area contributed by atoms with Gasteiger partial charge in [0, 0.05) is 32.2 Å². The minimum absolute atomic E-state index is 0.191. The fraction of sp³-hybridized carbons (Fsp3) is 0.929. The highest BCUT2D eigenvalue weighted by Crippen LogP contribution is 2.20. The molecule has 2 saturated heterocycles. The first kappa shape index (κ1) is 15.5. The second-order valence-electron chi connectivity index (χ2n) is 6.43. The van der Waals surface area contributed by atoms with Crippen LogP contribution in [0.4, 0.5) is 4.79 Å². The number of carbonyl (C=O) groups excluding carboxylic acids is 1. The molecule has 1 amide bonds. The Morgan fingerprint density at radius 3 is 2.65 bits per heavy atom. The summed E-state index contributed by atoms with van der Waals surface area (Å²) >= 11 is 0. The second-order valence-corrected chi connectivity index (χ2v) is 6.43. The number of rotatable bonds is 3. The molecule has 0 bridgehead atoms. The molecule has 0 radical (unpaired) electrons. The standard InChI is InChI=1S/C14H27N3O3/c1-14(2,3)20-13(18)17-6-4-5-12(17)11-15-16-7-9-19-10-8-16/h12,15H,4-11H2,1-3H3. The molecule has 0 aliphatic carbocycles. The lowest BCUT2D eigenvalue weighted by Crippen LogP contribution is -2.51. The van der Waals surface area contributed by atoms with E-state index in [0.717, 1.165) is 52.2 Å². The van der Waals surface area contributed by atoms with E-state index in [1.54, 1.807) is 0 Å². The number of likely N-dealkylation sites (tertiary alicyclic amines) is 1. The highest BCUT2D eigenvalue weighted by molar-refractivity contribution is 5.69. The number of hydrogen-bond acceptors (Lipinski definition) is 5. The van der Waals surface area contributed by atoms with Crippen molar-refractivity contribution in [3.05, 3.63) is 0 Å². The summed E-state index contributed by atoms with van der Waals surface area (Å²) in [6, 6.07) is 0.229. The van der Waals surface area contributed by atoms with E-state index in [4.69, 9.17) is 9.47 Å². The molecule has 2 fully saturated rings.